The van der Waals surface area contributed by atoms with Crippen LogP contribution < -0.4 is 5.32 Å². The minimum absolute atomic E-state index is 0.402. The van der Waals surface area contributed by atoms with Gasteiger partial charge in [0.2, 0.25) is 0 Å². The molecule has 1 rings (SSSR count). The van der Waals surface area contributed by atoms with Crippen molar-refractivity contribution in [2.45, 2.75) is 32.8 Å². The van der Waals surface area contributed by atoms with Gasteiger partial charge in [0.05, 0.1) is 5.51 Å². The molecule has 1 aromatic rings. The van der Waals surface area contributed by atoms with Crippen molar-refractivity contribution >= 4 is 29.0 Å². The lowest BCUT2D eigenvalue weighted by Gasteiger charge is -2.19. The zero-order valence-electron chi connectivity index (χ0n) is 10.1. The Morgan fingerprint density at radius 2 is 2.35 bits per heavy atom. The van der Waals surface area contributed by atoms with Crippen LogP contribution >= 0.6 is 22.9 Å². The fraction of sp³-hybridized carbons (Fsp3) is 0.545. The predicted molar refractivity (Wildman–Crippen MR) is 69.4 cm³/mol. The van der Waals surface area contributed by atoms with E-state index in [4.69, 9.17) is 16.3 Å². The molecule has 0 aromatic carbocycles. The first kappa shape index (κ1) is 14.3. The Kier molecular flexibility index (Phi) is 5.21. The van der Waals surface area contributed by atoms with Crippen LogP contribution in [0.1, 0.15) is 32.1 Å². The Labute approximate surface area is 110 Å². The van der Waals surface area contributed by atoms with E-state index in [0.717, 1.165) is 4.88 Å². The summed E-state index contributed by atoms with van der Waals surface area (Å²) in [7, 11) is 0. The fourth-order valence-corrected chi connectivity index (χ4v) is 2.02. The molecule has 0 bridgehead atoms. The SMILES string of the molecule is CC(C)(C)OC(=O)NCC[CH]c1scnc1Cl. The summed E-state index contributed by atoms with van der Waals surface area (Å²) in [6.45, 7) is 6.00. The van der Waals surface area contributed by atoms with Crippen LogP contribution in [0, 0.1) is 6.42 Å². The lowest BCUT2D eigenvalue weighted by atomic mass is 10.2. The van der Waals surface area contributed by atoms with Crippen molar-refractivity contribution in [3.05, 3.63) is 22.0 Å². The maximum absolute atomic E-state index is 11.3. The molecular formula is C11H16ClN2O2S. The van der Waals surface area contributed by atoms with Crippen molar-refractivity contribution in [3.8, 4) is 0 Å². The van der Waals surface area contributed by atoms with Gasteiger partial charge in [-0.1, -0.05) is 11.6 Å². The summed E-state index contributed by atoms with van der Waals surface area (Å²) >= 11 is 7.30. The Morgan fingerprint density at radius 1 is 1.65 bits per heavy atom. The van der Waals surface area contributed by atoms with Crippen molar-refractivity contribution < 1.29 is 9.53 Å². The molecule has 0 aliphatic rings. The van der Waals surface area contributed by atoms with E-state index in [9.17, 15) is 4.79 Å². The van der Waals surface area contributed by atoms with Gasteiger partial charge >= 0.3 is 6.09 Å². The van der Waals surface area contributed by atoms with E-state index >= 15 is 0 Å². The van der Waals surface area contributed by atoms with Crippen LogP contribution in [0.2, 0.25) is 5.15 Å². The highest BCUT2D eigenvalue weighted by molar-refractivity contribution is 7.10. The molecule has 0 unspecified atom stereocenters. The number of ether oxygens (including phenoxy) is 1. The maximum Gasteiger partial charge on any atom is 0.407 e. The second-order valence-corrected chi connectivity index (χ2v) is 5.67. The molecule has 1 radical (unpaired) electrons. The van der Waals surface area contributed by atoms with Crippen LogP contribution in [0.25, 0.3) is 0 Å². The largest absolute Gasteiger partial charge is 0.444 e. The molecule has 0 atom stereocenters. The van der Waals surface area contributed by atoms with Gasteiger partial charge in [0.25, 0.3) is 0 Å². The van der Waals surface area contributed by atoms with Crippen LogP contribution in [-0.4, -0.2) is 23.2 Å². The highest BCUT2D eigenvalue weighted by atomic mass is 35.5. The molecule has 95 valence electrons. The molecule has 1 heterocycles. The van der Waals surface area contributed by atoms with E-state index in [0.29, 0.717) is 18.1 Å². The number of amides is 1. The molecule has 1 amide bonds. The van der Waals surface area contributed by atoms with Gasteiger partial charge in [0.1, 0.15) is 10.8 Å². The number of rotatable bonds is 4. The van der Waals surface area contributed by atoms with Crippen molar-refractivity contribution in [1.82, 2.24) is 10.3 Å². The van der Waals surface area contributed by atoms with Crippen molar-refractivity contribution in [2.75, 3.05) is 6.54 Å². The molecule has 0 saturated carbocycles. The van der Waals surface area contributed by atoms with Gasteiger partial charge in [-0.15, -0.1) is 11.3 Å². The lowest BCUT2D eigenvalue weighted by Crippen LogP contribution is -2.33. The number of thiazole rings is 1. The molecule has 1 aromatic heterocycles. The summed E-state index contributed by atoms with van der Waals surface area (Å²) in [4.78, 5) is 16.2. The minimum atomic E-state index is -0.464. The first-order chi connectivity index (χ1) is 7.88. The molecule has 0 spiro atoms. The fourth-order valence-electron chi connectivity index (χ4n) is 1.07. The van der Waals surface area contributed by atoms with E-state index in [1.54, 1.807) is 5.51 Å². The Hall–Kier alpha value is -0.810. The summed E-state index contributed by atoms with van der Waals surface area (Å²) in [5.41, 5.74) is 1.23. The first-order valence-electron chi connectivity index (χ1n) is 5.27. The van der Waals surface area contributed by atoms with Gasteiger partial charge in [0, 0.05) is 17.8 Å². The van der Waals surface area contributed by atoms with Gasteiger partial charge in [-0.25, -0.2) is 9.78 Å². The first-order valence-corrected chi connectivity index (χ1v) is 6.53. The van der Waals surface area contributed by atoms with E-state index in [-0.39, 0.29) is 0 Å². The van der Waals surface area contributed by atoms with E-state index in [2.05, 4.69) is 10.3 Å². The maximum atomic E-state index is 11.3. The third-order valence-electron chi connectivity index (χ3n) is 1.69. The number of nitrogens with zero attached hydrogens (tertiary/aromatic N) is 1. The average molecular weight is 276 g/mol. The van der Waals surface area contributed by atoms with Crippen LogP contribution in [0.5, 0.6) is 0 Å². The van der Waals surface area contributed by atoms with Gasteiger partial charge in [-0.2, -0.15) is 0 Å². The minimum Gasteiger partial charge on any atom is -0.444 e. The molecular weight excluding hydrogens is 260 g/mol. The van der Waals surface area contributed by atoms with E-state index in [1.807, 2.05) is 27.2 Å². The lowest BCUT2D eigenvalue weighted by molar-refractivity contribution is 0.0528. The number of alkyl carbamates (subject to hydrolysis) is 1. The zero-order chi connectivity index (χ0) is 12.9. The number of aromatic nitrogens is 1. The Bertz CT molecular complexity index is 374. The number of carbonyl (C=O) groups excluding carboxylic acids is 1. The summed E-state index contributed by atoms with van der Waals surface area (Å²) < 4.78 is 5.10. The van der Waals surface area contributed by atoms with Gasteiger partial charge in [0.15, 0.2) is 0 Å². The molecule has 0 aliphatic carbocycles. The second kappa shape index (κ2) is 6.21. The van der Waals surface area contributed by atoms with E-state index in [1.165, 1.54) is 11.3 Å². The predicted octanol–water partition coefficient (Wildman–Crippen LogP) is 3.26. The molecule has 6 heteroatoms. The monoisotopic (exact) mass is 275 g/mol. The van der Waals surface area contributed by atoms with Crippen molar-refractivity contribution in [3.63, 3.8) is 0 Å². The molecule has 17 heavy (non-hydrogen) atoms. The van der Waals surface area contributed by atoms with Crippen LogP contribution in [-0.2, 0) is 4.74 Å². The number of halogens is 1. The summed E-state index contributed by atoms with van der Waals surface area (Å²) in [6.07, 6.45) is 2.24. The third-order valence-corrected chi connectivity index (χ3v) is 2.93. The number of nitrogens with one attached hydrogen (secondary N) is 1. The number of hydrogen-bond donors (Lipinski definition) is 1. The van der Waals surface area contributed by atoms with Gasteiger partial charge < -0.3 is 10.1 Å². The van der Waals surface area contributed by atoms with Crippen LogP contribution in [0.3, 0.4) is 0 Å². The summed E-state index contributed by atoms with van der Waals surface area (Å²) in [6, 6.07) is 0. The Balaban J connectivity index is 2.17. The molecule has 0 aliphatic heterocycles. The highest BCUT2D eigenvalue weighted by Gasteiger charge is 2.15. The standard InChI is InChI=1S/C11H16ClN2O2S/c1-11(2,3)16-10(15)13-6-4-5-8-9(12)14-7-17-8/h5,7H,4,6H2,1-3H3,(H,13,15). The quantitative estimate of drug-likeness (QED) is 0.858. The summed E-state index contributed by atoms with van der Waals surface area (Å²) in [5, 5.41) is 3.18. The van der Waals surface area contributed by atoms with Crippen molar-refractivity contribution in [2.24, 2.45) is 0 Å². The molecule has 1 N–H and O–H groups in total. The van der Waals surface area contributed by atoms with Crippen LogP contribution in [0.15, 0.2) is 5.51 Å². The zero-order valence-corrected chi connectivity index (χ0v) is 11.7. The Morgan fingerprint density at radius 3 is 2.88 bits per heavy atom. The molecule has 0 saturated heterocycles. The topological polar surface area (TPSA) is 51.2 Å². The molecule has 0 fully saturated rings. The average Bonchev–Trinajstić information content (AvgIpc) is 2.56. The highest BCUT2D eigenvalue weighted by Crippen LogP contribution is 2.21. The number of hydrogen-bond acceptors (Lipinski definition) is 4. The number of carbonyl (C=O) groups is 1. The van der Waals surface area contributed by atoms with Crippen LogP contribution in [0.4, 0.5) is 4.79 Å². The van der Waals surface area contributed by atoms with Gasteiger partial charge in [-0.05, 0) is 27.2 Å². The normalized spacial score (nSPS) is 11.3. The second-order valence-electron chi connectivity index (χ2n) is 4.43. The summed E-state index contributed by atoms with van der Waals surface area (Å²) in [5.74, 6) is 0. The van der Waals surface area contributed by atoms with E-state index < -0.39 is 11.7 Å². The van der Waals surface area contributed by atoms with Crippen molar-refractivity contribution in [1.29, 1.82) is 0 Å². The molecule has 4 nitrogen and oxygen atoms in total. The van der Waals surface area contributed by atoms with Gasteiger partial charge in [-0.3, -0.25) is 0 Å². The third kappa shape index (κ3) is 5.89. The smallest absolute Gasteiger partial charge is 0.407 e.